The van der Waals surface area contributed by atoms with Gasteiger partial charge in [-0.05, 0) is 56.7 Å². The number of hydrogen-bond acceptors (Lipinski definition) is 5. The second kappa shape index (κ2) is 8.51. The zero-order chi connectivity index (χ0) is 21.0. The second-order valence-corrected chi connectivity index (χ2v) is 6.55. The van der Waals surface area contributed by atoms with Crippen LogP contribution in [-0.4, -0.2) is 33.1 Å². The highest BCUT2D eigenvalue weighted by Crippen LogP contribution is 2.15. The largest absolute Gasteiger partial charge is 0.376 e. The van der Waals surface area contributed by atoms with E-state index in [2.05, 4.69) is 26.3 Å². The fraction of sp³-hybridized carbons (Fsp3) is 0.200. The third kappa shape index (κ3) is 4.95. The average Bonchev–Trinajstić information content (AvgIpc) is 3.08. The van der Waals surface area contributed by atoms with E-state index in [4.69, 9.17) is 0 Å². The maximum atomic E-state index is 13.1. The van der Waals surface area contributed by atoms with Crippen molar-refractivity contribution in [1.29, 1.82) is 0 Å². The van der Waals surface area contributed by atoms with Crippen LogP contribution < -0.4 is 16.2 Å². The molecule has 0 radical (unpaired) electrons. The summed E-state index contributed by atoms with van der Waals surface area (Å²) < 4.78 is 14.5. The van der Waals surface area contributed by atoms with Crippen LogP contribution in [0.3, 0.4) is 0 Å². The molecule has 8 nitrogen and oxygen atoms in total. The van der Waals surface area contributed by atoms with E-state index in [1.165, 1.54) is 28.9 Å². The topological polar surface area (TPSA) is 101 Å². The van der Waals surface area contributed by atoms with Crippen molar-refractivity contribution in [3.8, 4) is 5.69 Å². The summed E-state index contributed by atoms with van der Waals surface area (Å²) in [5.74, 6) is -1.12. The van der Waals surface area contributed by atoms with E-state index in [9.17, 15) is 14.0 Å². The first-order valence-electron chi connectivity index (χ1n) is 8.93. The van der Waals surface area contributed by atoms with Crippen LogP contribution in [0.15, 0.2) is 42.5 Å². The summed E-state index contributed by atoms with van der Waals surface area (Å²) in [6.45, 7) is 5.59. The minimum Gasteiger partial charge on any atom is -0.376 e. The first kappa shape index (κ1) is 20.0. The van der Waals surface area contributed by atoms with Crippen LogP contribution in [0.5, 0.6) is 0 Å². The van der Waals surface area contributed by atoms with E-state index in [0.717, 1.165) is 16.8 Å². The Bertz CT molecular complexity index is 1050. The standard InChI is InChI=1S/C20H21FN6O2/c1-12-4-9-17(13(2)10-12)22-11-18(28)24-25-20(29)19-23-14(3)27(26-19)16-7-5-15(21)6-8-16/h4-10,22H,11H2,1-3H3,(H,24,28)(H,25,29). The lowest BCUT2D eigenvalue weighted by molar-refractivity contribution is -0.120. The van der Waals surface area contributed by atoms with Gasteiger partial charge in [-0.15, -0.1) is 5.10 Å². The Labute approximate surface area is 167 Å². The number of hydrazine groups is 1. The molecule has 1 heterocycles. The molecule has 0 unspecified atom stereocenters. The number of carbonyl (C=O) groups is 2. The molecule has 0 spiro atoms. The number of benzene rings is 2. The highest BCUT2D eigenvalue weighted by molar-refractivity contribution is 5.92. The molecule has 0 fully saturated rings. The zero-order valence-corrected chi connectivity index (χ0v) is 16.3. The smallest absolute Gasteiger partial charge is 0.309 e. The van der Waals surface area contributed by atoms with Crippen molar-refractivity contribution >= 4 is 17.5 Å². The SMILES string of the molecule is Cc1ccc(NCC(=O)NNC(=O)c2nc(C)n(-c3ccc(F)cc3)n2)c(C)c1. The van der Waals surface area contributed by atoms with Crippen molar-refractivity contribution in [2.45, 2.75) is 20.8 Å². The molecule has 0 aliphatic heterocycles. The van der Waals surface area contributed by atoms with Crippen molar-refractivity contribution in [3.63, 3.8) is 0 Å². The van der Waals surface area contributed by atoms with E-state index < -0.39 is 11.8 Å². The van der Waals surface area contributed by atoms with Gasteiger partial charge in [-0.2, -0.15) is 0 Å². The predicted octanol–water partition coefficient (Wildman–Crippen LogP) is 2.20. The molecule has 150 valence electrons. The van der Waals surface area contributed by atoms with Gasteiger partial charge in [0, 0.05) is 5.69 Å². The molecule has 2 amide bonds. The maximum absolute atomic E-state index is 13.1. The van der Waals surface area contributed by atoms with Crippen LogP contribution in [0.4, 0.5) is 10.1 Å². The van der Waals surface area contributed by atoms with Gasteiger partial charge in [0.25, 0.3) is 5.91 Å². The minimum absolute atomic E-state index is 0.0132. The first-order chi connectivity index (χ1) is 13.8. The Hall–Kier alpha value is -3.75. The molecule has 0 aliphatic rings. The summed E-state index contributed by atoms with van der Waals surface area (Å²) >= 11 is 0. The molecule has 3 rings (SSSR count). The number of aryl methyl sites for hydroxylation is 3. The van der Waals surface area contributed by atoms with Gasteiger partial charge in [0.1, 0.15) is 11.6 Å². The zero-order valence-electron chi connectivity index (χ0n) is 16.3. The van der Waals surface area contributed by atoms with Crippen molar-refractivity contribution in [2.75, 3.05) is 11.9 Å². The first-order valence-corrected chi connectivity index (χ1v) is 8.93. The highest BCUT2D eigenvalue weighted by atomic mass is 19.1. The van der Waals surface area contributed by atoms with Gasteiger partial charge >= 0.3 is 5.91 Å². The Morgan fingerprint density at radius 1 is 1.03 bits per heavy atom. The number of anilines is 1. The summed E-state index contributed by atoms with van der Waals surface area (Å²) in [5.41, 5.74) is 8.16. The minimum atomic E-state index is -0.658. The molecule has 2 aromatic carbocycles. The molecule has 29 heavy (non-hydrogen) atoms. The van der Waals surface area contributed by atoms with Crippen molar-refractivity contribution < 1.29 is 14.0 Å². The van der Waals surface area contributed by atoms with Gasteiger partial charge in [-0.25, -0.2) is 14.1 Å². The van der Waals surface area contributed by atoms with Gasteiger partial charge in [0.05, 0.1) is 12.2 Å². The van der Waals surface area contributed by atoms with Crippen molar-refractivity contribution in [2.24, 2.45) is 0 Å². The number of halogens is 1. The number of amides is 2. The molecule has 0 bridgehead atoms. The van der Waals surface area contributed by atoms with Crippen LogP contribution in [-0.2, 0) is 4.79 Å². The monoisotopic (exact) mass is 396 g/mol. The molecule has 0 saturated heterocycles. The molecule has 3 N–H and O–H groups in total. The molecule has 1 aromatic heterocycles. The predicted molar refractivity (Wildman–Crippen MR) is 106 cm³/mol. The quantitative estimate of drug-likeness (QED) is 0.574. The van der Waals surface area contributed by atoms with Crippen molar-refractivity contribution in [1.82, 2.24) is 25.6 Å². The number of carbonyl (C=O) groups excluding carboxylic acids is 2. The summed E-state index contributed by atoms with van der Waals surface area (Å²) in [7, 11) is 0. The number of rotatable bonds is 5. The van der Waals surface area contributed by atoms with Gasteiger partial charge in [-0.1, -0.05) is 17.7 Å². The lowest BCUT2D eigenvalue weighted by Gasteiger charge is -2.10. The normalized spacial score (nSPS) is 10.5. The molecular formula is C20H21FN6O2. The summed E-state index contributed by atoms with van der Waals surface area (Å²) in [5, 5.41) is 7.12. The Balaban J connectivity index is 1.56. The number of nitrogens with zero attached hydrogens (tertiary/aromatic N) is 3. The van der Waals surface area contributed by atoms with E-state index in [1.54, 1.807) is 6.92 Å². The molecule has 3 aromatic rings. The Morgan fingerprint density at radius 2 is 1.76 bits per heavy atom. The third-order valence-corrected chi connectivity index (χ3v) is 4.18. The van der Waals surface area contributed by atoms with Crippen molar-refractivity contribution in [3.05, 3.63) is 71.1 Å². The van der Waals surface area contributed by atoms with E-state index in [0.29, 0.717) is 11.5 Å². The molecule has 0 saturated carbocycles. The van der Waals surface area contributed by atoms with Crippen LogP contribution in [0, 0.1) is 26.6 Å². The van der Waals surface area contributed by atoms with Crippen LogP contribution >= 0.6 is 0 Å². The maximum Gasteiger partial charge on any atom is 0.309 e. The Morgan fingerprint density at radius 3 is 2.45 bits per heavy atom. The van der Waals surface area contributed by atoms with Gasteiger partial charge in [-0.3, -0.25) is 20.4 Å². The molecule has 0 atom stereocenters. The summed E-state index contributed by atoms with van der Waals surface area (Å²) in [6, 6.07) is 11.5. The van der Waals surface area contributed by atoms with Crippen LogP contribution in [0.25, 0.3) is 5.69 Å². The van der Waals surface area contributed by atoms with E-state index in [-0.39, 0.29) is 18.2 Å². The lowest BCUT2D eigenvalue weighted by Crippen LogP contribution is -2.44. The third-order valence-electron chi connectivity index (χ3n) is 4.18. The Kier molecular flexibility index (Phi) is 5.87. The van der Waals surface area contributed by atoms with Gasteiger partial charge in [0.15, 0.2) is 0 Å². The number of aromatic nitrogens is 3. The fourth-order valence-corrected chi connectivity index (χ4v) is 2.73. The number of hydrogen-bond donors (Lipinski definition) is 3. The van der Waals surface area contributed by atoms with Crippen LogP contribution in [0.1, 0.15) is 27.6 Å². The lowest BCUT2D eigenvalue weighted by atomic mass is 10.1. The second-order valence-electron chi connectivity index (χ2n) is 6.55. The van der Waals surface area contributed by atoms with Gasteiger partial charge < -0.3 is 5.32 Å². The molecular weight excluding hydrogens is 375 g/mol. The summed E-state index contributed by atoms with van der Waals surface area (Å²) in [6.07, 6.45) is 0. The fourth-order valence-electron chi connectivity index (χ4n) is 2.73. The van der Waals surface area contributed by atoms with Gasteiger partial charge in [0.2, 0.25) is 5.82 Å². The van der Waals surface area contributed by atoms with E-state index >= 15 is 0 Å². The number of nitrogens with one attached hydrogen (secondary N) is 3. The summed E-state index contributed by atoms with van der Waals surface area (Å²) in [4.78, 5) is 28.3. The average molecular weight is 396 g/mol. The van der Waals surface area contributed by atoms with Crippen LogP contribution in [0.2, 0.25) is 0 Å². The molecule has 9 heteroatoms. The van der Waals surface area contributed by atoms with E-state index in [1.807, 2.05) is 32.0 Å². The highest BCUT2D eigenvalue weighted by Gasteiger charge is 2.16. The molecule has 0 aliphatic carbocycles.